The van der Waals surface area contributed by atoms with Gasteiger partial charge < -0.3 is 16.6 Å². The second-order valence-corrected chi connectivity index (χ2v) is 2.05. The molecule has 1 saturated carbocycles. The van der Waals surface area contributed by atoms with E-state index in [0.29, 0.717) is 0 Å². The highest BCUT2D eigenvalue weighted by Crippen LogP contribution is 2.15. The molecule has 0 spiro atoms. The number of aliphatic hydroxyl groups is 1. The van der Waals surface area contributed by atoms with Crippen LogP contribution in [0.1, 0.15) is 6.42 Å². The Bertz CT molecular complexity index is 68.1. The summed E-state index contributed by atoms with van der Waals surface area (Å²) in [5.74, 6) is 0. The third kappa shape index (κ3) is 0.627. The van der Waals surface area contributed by atoms with Crippen molar-refractivity contribution < 1.29 is 5.11 Å². The van der Waals surface area contributed by atoms with Crippen LogP contribution in [0.15, 0.2) is 0 Å². The van der Waals surface area contributed by atoms with Gasteiger partial charge in [0.1, 0.15) is 0 Å². The van der Waals surface area contributed by atoms with E-state index in [2.05, 4.69) is 0 Å². The predicted molar refractivity (Wildman–Crippen MR) is 26.6 cm³/mol. The first-order valence-electron chi connectivity index (χ1n) is 2.41. The largest absolute Gasteiger partial charge is 0.390 e. The summed E-state index contributed by atoms with van der Waals surface area (Å²) in [6.45, 7) is 0. The van der Waals surface area contributed by atoms with Gasteiger partial charge in [-0.1, -0.05) is 0 Å². The van der Waals surface area contributed by atoms with Crippen LogP contribution in [0.2, 0.25) is 0 Å². The summed E-state index contributed by atoms with van der Waals surface area (Å²) < 4.78 is 0. The second-order valence-electron chi connectivity index (χ2n) is 2.05. The van der Waals surface area contributed by atoms with Crippen molar-refractivity contribution in [3.8, 4) is 0 Å². The number of nitrogens with two attached hydrogens (primary N) is 2. The number of aliphatic hydroxyl groups excluding tert-OH is 1. The fourth-order valence-electron chi connectivity index (χ4n) is 0.715. The summed E-state index contributed by atoms with van der Waals surface area (Å²) in [6.07, 6.45) is 0.321. The molecule has 3 heteroatoms. The Morgan fingerprint density at radius 3 is 1.71 bits per heavy atom. The molecule has 0 bridgehead atoms. The second kappa shape index (κ2) is 1.43. The number of rotatable bonds is 0. The smallest absolute Gasteiger partial charge is 0.0842 e. The lowest BCUT2D eigenvalue weighted by molar-refractivity contribution is 0.0447. The zero-order chi connectivity index (χ0) is 5.44. The van der Waals surface area contributed by atoms with E-state index in [-0.39, 0.29) is 12.1 Å². The van der Waals surface area contributed by atoms with Crippen LogP contribution in [-0.4, -0.2) is 23.3 Å². The minimum absolute atomic E-state index is 0.0602. The van der Waals surface area contributed by atoms with E-state index in [9.17, 15) is 0 Å². The molecule has 0 aromatic rings. The SMILES string of the molecule is NC1CC(N)C1O. The van der Waals surface area contributed by atoms with Crippen molar-refractivity contribution in [2.75, 3.05) is 0 Å². The summed E-state index contributed by atoms with van der Waals surface area (Å²) in [6, 6.07) is -0.120. The van der Waals surface area contributed by atoms with Crippen LogP contribution in [0, 0.1) is 0 Å². The van der Waals surface area contributed by atoms with Gasteiger partial charge in [-0.15, -0.1) is 0 Å². The van der Waals surface area contributed by atoms with Crippen molar-refractivity contribution in [2.45, 2.75) is 24.6 Å². The van der Waals surface area contributed by atoms with Crippen molar-refractivity contribution in [3.63, 3.8) is 0 Å². The first kappa shape index (κ1) is 5.03. The molecule has 0 radical (unpaired) electrons. The van der Waals surface area contributed by atoms with Gasteiger partial charge in [-0.2, -0.15) is 0 Å². The molecule has 2 unspecified atom stereocenters. The van der Waals surface area contributed by atoms with Gasteiger partial charge in [0.25, 0.3) is 0 Å². The molecule has 42 valence electrons. The Morgan fingerprint density at radius 2 is 1.71 bits per heavy atom. The molecule has 1 rings (SSSR count). The number of hydrogen-bond donors (Lipinski definition) is 3. The van der Waals surface area contributed by atoms with Crippen LogP contribution < -0.4 is 11.5 Å². The van der Waals surface area contributed by atoms with Crippen molar-refractivity contribution in [2.24, 2.45) is 11.5 Å². The molecular weight excluding hydrogens is 92.1 g/mol. The van der Waals surface area contributed by atoms with Crippen LogP contribution in [0.4, 0.5) is 0 Å². The Labute approximate surface area is 42.3 Å². The maximum absolute atomic E-state index is 8.73. The summed E-state index contributed by atoms with van der Waals surface area (Å²) >= 11 is 0. The molecular formula is C4H10N2O. The van der Waals surface area contributed by atoms with E-state index in [1.165, 1.54) is 0 Å². The topological polar surface area (TPSA) is 72.3 Å². The lowest BCUT2D eigenvalue weighted by Crippen LogP contribution is -2.59. The minimum atomic E-state index is -0.444. The van der Waals surface area contributed by atoms with Crippen LogP contribution >= 0.6 is 0 Å². The zero-order valence-corrected chi connectivity index (χ0v) is 4.04. The third-order valence-corrected chi connectivity index (χ3v) is 1.42. The monoisotopic (exact) mass is 102 g/mol. The van der Waals surface area contributed by atoms with Gasteiger partial charge >= 0.3 is 0 Å². The van der Waals surface area contributed by atoms with Crippen molar-refractivity contribution in [1.29, 1.82) is 0 Å². The highest BCUT2D eigenvalue weighted by molar-refractivity contribution is 4.94. The van der Waals surface area contributed by atoms with Crippen LogP contribution in [0.25, 0.3) is 0 Å². The van der Waals surface area contributed by atoms with Crippen LogP contribution in [-0.2, 0) is 0 Å². The van der Waals surface area contributed by atoms with Gasteiger partial charge in [-0.25, -0.2) is 0 Å². The molecule has 0 heterocycles. The Kier molecular flexibility index (Phi) is 1.03. The minimum Gasteiger partial charge on any atom is -0.390 e. The summed E-state index contributed by atoms with van der Waals surface area (Å²) in [4.78, 5) is 0. The van der Waals surface area contributed by atoms with E-state index in [0.717, 1.165) is 6.42 Å². The van der Waals surface area contributed by atoms with Crippen molar-refractivity contribution >= 4 is 0 Å². The highest BCUT2D eigenvalue weighted by atomic mass is 16.3. The first-order valence-corrected chi connectivity index (χ1v) is 2.41. The molecule has 0 aromatic carbocycles. The Balaban J connectivity index is 2.29. The van der Waals surface area contributed by atoms with E-state index < -0.39 is 6.10 Å². The van der Waals surface area contributed by atoms with Gasteiger partial charge in [0, 0.05) is 12.1 Å². The van der Waals surface area contributed by atoms with E-state index in [4.69, 9.17) is 16.6 Å². The molecule has 1 fully saturated rings. The maximum Gasteiger partial charge on any atom is 0.0842 e. The lowest BCUT2D eigenvalue weighted by Gasteiger charge is -2.35. The fourth-order valence-corrected chi connectivity index (χ4v) is 0.715. The highest BCUT2D eigenvalue weighted by Gasteiger charge is 2.33. The molecule has 2 atom stereocenters. The summed E-state index contributed by atoms with van der Waals surface area (Å²) in [7, 11) is 0. The quantitative estimate of drug-likeness (QED) is 0.345. The van der Waals surface area contributed by atoms with E-state index in [1.54, 1.807) is 0 Å². The predicted octanol–water partition coefficient (Wildman–Crippen LogP) is -1.59. The lowest BCUT2D eigenvalue weighted by atomic mass is 9.85. The fraction of sp³-hybridized carbons (Fsp3) is 1.00. The van der Waals surface area contributed by atoms with Gasteiger partial charge in [0.15, 0.2) is 0 Å². The molecule has 0 saturated heterocycles. The standard InChI is InChI=1S/C4H10N2O/c5-2-1-3(6)4(2)7/h2-4,7H,1,5-6H2. The average Bonchev–Trinajstić information content (AvgIpc) is 1.68. The Hall–Kier alpha value is -0.120. The van der Waals surface area contributed by atoms with Crippen molar-refractivity contribution in [3.05, 3.63) is 0 Å². The zero-order valence-electron chi connectivity index (χ0n) is 4.04. The molecule has 7 heavy (non-hydrogen) atoms. The summed E-state index contributed by atoms with van der Waals surface area (Å²) in [5, 5.41) is 8.73. The first-order chi connectivity index (χ1) is 3.22. The van der Waals surface area contributed by atoms with Gasteiger partial charge in [-0.3, -0.25) is 0 Å². The molecule has 1 aliphatic rings. The molecule has 3 nitrogen and oxygen atoms in total. The summed E-state index contributed by atoms with van der Waals surface area (Å²) in [5.41, 5.74) is 10.6. The van der Waals surface area contributed by atoms with Gasteiger partial charge in [0.05, 0.1) is 6.10 Å². The third-order valence-electron chi connectivity index (χ3n) is 1.42. The molecule has 1 aliphatic carbocycles. The molecule has 5 N–H and O–H groups in total. The number of hydrogen-bond acceptors (Lipinski definition) is 3. The van der Waals surface area contributed by atoms with Crippen LogP contribution in [0.3, 0.4) is 0 Å². The average molecular weight is 102 g/mol. The maximum atomic E-state index is 8.73. The molecule has 0 aromatic heterocycles. The molecule has 0 aliphatic heterocycles. The van der Waals surface area contributed by atoms with Gasteiger partial charge in [0.2, 0.25) is 0 Å². The molecule has 0 amide bonds. The van der Waals surface area contributed by atoms with E-state index in [1.807, 2.05) is 0 Å². The Morgan fingerprint density at radius 1 is 1.29 bits per heavy atom. The van der Waals surface area contributed by atoms with Crippen molar-refractivity contribution in [1.82, 2.24) is 0 Å². The van der Waals surface area contributed by atoms with E-state index >= 15 is 0 Å². The van der Waals surface area contributed by atoms with Gasteiger partial charge in [-0.05, 0) is 6.42 Å². The van der Waals surface area contributed by atoms with Crippen LogP contribution in [0.5, 0.6) is 0 Å². The normalized spacial score (nSPS) is 51.0.